The third-order valence-electron chi connectivity index (χ3n) is 1.84. The molecular weight excluding hydrogens is 588 g/mol. The van der Waals surface area contributed by atoms with Gasteiger partial charge in [0.25, 0.3) is 0 Å². The Labute approximate surface area is 202 Å². The van der Waals surface area contributed by atoms with E-state index in [4.69, 9.17) is 0 Å². The van der Waals surface area contributed by atoms with Gasteiger partial charge >= 0.3 is 59.8 Å². The molecule has 174 valence electrons. The van der Waals surface area contributed by atoms with Gasteiger partial charge in [0.15, 0.2) is 17.3 Å². The van der Waals surface area contributed by atoms with E-state index in [1.54, 1.807) is 0 Å². The number of carbonyl (C=O) groups is 3. The van der Waals surface area contributed by atoms with E-state index >= 15 is 0 Å². The van der Waals surface area contributed by atoms with Crippen LogP contribution in [0.5, 0.6) is 0 Å². The summed E-state index contributed by atoms with van der Waals surface area (Å²) in [6, 6.07) is 0. The van der Waals surface area contributed by atoms with Gasteiger partial charge in [-0.15, -0.1) is 0 Å². The second-order valence-electron chi connectivity index (χ2n) is 4.85. The fraction of sp³-hybridized carbons (Fsp3) is 0.400. The molecule has 0 aliphatic rings. The molecule has 0 N–H and O–H groups in total. The van der Waals surface area contributed by atoms with Gasteiger partial charge in [-0.05, 0) is 56.3 Å². The molecule has 0 atom stereocenters. The van der Waals surface area contributed by atoms with Crippen LogP contribution in [0.2, 0.25) is 0 Å². The Morgan fingerprint density at radius 3 is 0.677 bits per heavy atom. The van der Waals surface area contributed by atoms with E-state index in [0.29, 0.717) is 0 Å². The average molecular weight is 600 g/mol. The molecule has 0 amide bonds. The maximum Gasteiger partial charge on any atom is 3.00 e. The molecule has 0 bridgehead atoms. The van der Waals surface area contributed by atoms with Crippen molar-refractivity contribution >= 4 is 17.3 Å². The van der Waals surface area contributed by atoms with Crippen molar-refractivity contribution in [2.24, 2.45) is 0 Å². The van der Waals surface area contributed by atoms with Gasteiger partial charge in [-0.3, -0.25) is 14.4 Å². The molecule has 0 spiro atoms. The van der Waals surface area contributed by atoms with Crippen molar-refractivity contribution in [3.05, 3.63) is 35.5 Å². The van der Waals surface area contributed by atoms with Crippen LogP contribution in [0.15, 0.2) is 35.5 Å². The first kappa shape index (κ1) is 36.7. The van der Waals surface area contributed by atoms with Gasteiger partial charge in [-0.2, -0.15) is 39.5 Å². The SMILES string of the molecule is CC(=O)/C=C(/[O-])C(F)(F)F.CC(=O)/C=C(\[O-])C(F)(F)F.CC(=O)/C=C(\[O-])C(F)(F)F.[Pr+3]. The molecule has 0 aromatic carbocycles. The standard InChI is InChI=1S/3C5H5F3O2.Pr/c3*1-3(9)2-4(10)5(6,7)8;/h3*2,10H,1H3;/q;;;+3/p-3/b4-2+;2*4-2-;. The fourth-order valence-electron chi connectivity index (χ4n) is 0.799. The minimum absolute atomic E-state index is 0. The molecule has 0 rings (SSSR count). The number of halogens is 9. The van der Waals surface area contributed by atoms with Gasteiger partial charge in [0, 0.05) is 0 Å². The third-order valence-corrected chi connectivity index (χ3v) is 1.84. The summed E-state index contributed by atoms with van der Waals surface area (Å²) in [7, 11) is 0. The van der Waals surface area contributed by atoms with E-state index in [9.17, 15) is 69.2 Å². The first-order valence-corrected chi connectivity index (χ1v) is 6.91. The Hall–Kier alpha value is -1.64. The molecule has 0 aromatic rings. The fourth-order valence-corrected chi connectivity index (χ4v) is 0.799. The Morgan fingerprint density at radius 1 is 0.516 bits per heavy atom. The van der Waals surface area contributed by atoms with Crippen molar-refractivity contribution in [3.63, 3.8) is 0 Å². The van der Waals surface area contributed by atoms with Crippen molar-refractivity contribution in [2.45, 2.75) is 39.3 Å². The normalized spacial score (nSPS) is 13.0. The zero-order valence-corrected chi connectivity index (χ0v) is 19.4. The number of allylic oxidation sites excluding steroid dienone is 6. The number of rotatable bonds is 3. The number of hydrogen-bond acceptors (Lipinski definition) is 6. The second kappa shape index (κ2) is 15.2. The van der Waals surface area contributed by atoms with E-state index in [-0.39, 0.29) is 59.5 Å². The molecule has 0 radical (unpaired) electrons. The number of hydrogen-bond donors (Lipinski definition) is 0. The Morgan fingerprint density at radius 2 is 0.645 bits per heavy atom. The van der Waals surface area contributed by atoms with E-state index in [1.807, 2.05) is 0 Å². The Bertz CT molecular complexity index is 606. The molecule has 0 saturated carbocycles. The minimum Gasteiger partial charge on any atom is -0.869 e. The van der Waals surface area contributed by atoms with Gasteiger partial charge in [0.1, 0.15) is 0 Å². The van der Waals surface area contributed by atoms with Crippen LogP contribution in [0, 0.1) is 41.3 Å². The minimum atomic E-state index is -4.92. The third kappa shape index (κ3) is 24.5. The summed E-state index contributed by atoms with van der Waals surface area (Å²) in [5.41, 5.74) is 0. The Balaban J connectivity index is -0.000000174. The molecule has 0 aromatic heterocycles. The van der Waals surface area contributed by atoms with Crippen molar-refractivity contribution < 1.29 is 111 Å². The van der Waals surface area contributed by atoms with Crippen LogP contribution in [0.4, 0.5) is 39.5 Å². The van der Waals surface area contributed by atoms with E-state index < -0.39 is 53.2 Å². The largest absolute Gasteiger partial charge is 3.00 e. The van der Waals surface area contributed by atoms with Gasteiger partial charge in [0.05, 0.1) is 0 Å². The molecule has 0 aliphatic carbocycles. The summed E-state index contributed by atoms with van der Waals surface area (Å²) in [4.78, 5) is 29.8. The number of carbonyl (C=O) groups excluding carboxylic acids is 3. The van der Waals surface area contributed by atoms with E-state index in [1.165, 1.54) is 0 Å². The number of ketones is 3. The van der Waals surface area contributed by atoms with Crippen LogP contribution in [-0.2, 0) is 14.4 Å². The monoisotopic (exact) mass is 600 g/mol. The van der Waals surface area contributed by atoms with Gasteiger partial charge in [0.2, 0.25) is 0 Å². The van der Waals surface area contributed by atoms with Crippen molar-refractivity contribution in [2.75, 3.05) is 0 Å². The van der Waals surface area contributed by atoms with E-state index in [2.05, 4.69) is 0 Å². The zero-order valence-electron chi connectivity index (χ0n) is 15.7. The molecule has 0 heterocycles. The quantitative estimate of drug-likeness (QED) is 0.273. The van der Waals surface area contributed by atoms with Crippen LogP contribution in [0.1, 0.15) is 20.8 Å². The van der Waals surface area contributed by atoms with Crippen LogP contribution < -0.4 is 15.3 Å². The summed E-state index contributed by atoms with van der Waals surface area (Å²) in [6.07, 6.45) is -14.7. The molecular formula is C15H12F9O6Pr. The second-order valence-corrected chi connectivity index (χ2v) is 4.85. The van der Waals surface area contributed by atoms with Crippen molar-refractivity contribution in [1.29, 1.82) is 0 Å². The zero-order chi connectivity index (χ0) is 25.1. The van der Waals surface area contributed by atoms with Crippen LogP contribution >= 0.6 is 0 Å². The summed E-state index contributed by atoms with van der Waals surface area (Å²) in [6.45, 7) is 2.64. The van der Waals surface area contributed by atoms with Gasteiger partial charge in [-0.25, -0.2) is 0 Å². The van der Waals surface area contributed by atoms with Crippen LogP contribution in [-0.4, -0.2) is 35.9 Å². The summed E-state index contributed by atoms with van der Waals surface area (Å²) in [5, 5.41) is 29.6. The molecule has 0 fully saturated rings. The molecule has 31 heavy (non-hydrogen) atoms. The van der Waals surface area contributed by atoms with Crippen molar-refractivity contribution in [3.8, 4) is 0 Å². The molecule has 0 saturated heterocycles. The predicted molar refractivity (Wildman–Crippen MR) is 74.5 cm³/mol. The first-order chi connectivity index (χ1) is 13.0. The molecule has 0 aliphatic heterocycles. The Kier molecular flexibility index (Phi) is 18.0. The maximum atomic E-state index is 11.3. The maximum absolute atomic E-state index is 11.3. The molecule has 6 nitrogen and oxygen atoms in total. The summed E-state index contributed by atoms with van der Waals surface area (Å²) >= 11 is 0. The predicted octanol–water partition coefficient (Wildman–Crippen LogP) is 1.15. The smallest absolute Gasteiger partial charge is 0.869 e. The van der Waals surface area contributed by atoms with E-state index in [0.717, 1.165) is 20.8 Å². The first-order valence-electron chi connectivity index (χ1n) is 6.91. The molecule has 16 heteroatoms. The number of alkyl halides is 9. The van der Waals surface area contributed by atoms with Gasteiger partial charge < -0.3 is 15.3 Å². The van der Waals surface area contributed by atoms with Crippen molar-refractivity contribution in [1.82, 2.24) is 0 Å². The van der Waals surface area contributed by atoms with Gasteiger partial charge in [-0.1, -0.05) is 0 Å². The average Bonchev–Trinajstić information content (AvgIpc) is 2.43. The topological polar surface area (TPSA) is 120 Å². The van der Waals surface area contributed by atoms with Crippen LogP contribution in [0.3, 0.4) is 0 Å². The molecule has 0 unspecified atom stereocenters. The van der Waals surface area contributed by atoms with Crippen LogP contribution in [0.25, 0.3) is 0 Å². The summed E-state index contributed by atoms with van der Waals surface area (Å²) < 4.78 is 101. The summed E-state index contributed by atoms with van der Waals surface area (Å²) in [5.74, 6) is -9.04.